The van der Waals surface area contributed by atoms with E-state index < -0.39 is 0 Å². The van der Waals surface area contributed by atoms with Gasteiger partial charge in [-0.15, -0.1) is 0 Å². The molecule has 0 radical (unpaired) electrons. The molecule has 0 N–H and O–H groups in total. The Balaban J connectivity index is 1.30. The van der Waals surface area contributed by atoms with Crippen LogP contribution in [0.25, 0.3) is 0 Å². The monoisotopic (exact) mass is 429 g/mol. The smallest absolute Gasteiger partial charge is 0.253 e. The fourth-order valence-corrected chi connectivity index (χ4v) is 4.00. The molecule has 3 aromatic carbocycles. The maximum Gasteiger partial charge on any atom is 0.253 e. The summed E-state index contributed by atoms with van der Waals surface area (Å²) in [5.41, 5.74) is 4.37. The predicted octanol–water partition coefficient (Wildman–Crippen LogP) is 4.29. The van der Waals surface area contributed by atoms with Crippen molar-refractivity contribution < 1.29 is 9.53 Å². The van der Waals surface area contributed by atoms with Crippen molar-refractivity contribution >= 4 is 11.6 Å². The third-order valence-electron chi connectivity index (χ3n) is 5.69. The third kappa shape index (κ3) is 5.68. The Bertz CT molecular complexity index is 1010. The van der Waals surface area contributed by atoms with E-state index in [-0.39, 0.29) is 5.91 Å². The lowest BCUT2D eigenvalue weighted by Crippen LogP contribution is -2.48. The van der Waals surface area contributed by atoms with Gasteiger partial charge in [-0.2, -0.15) is 0 Å². The fraction of sp³-hybridized carbons (Fsp3) is 0.296. The van der Waals surface area contributed by atoms with E-state index in [0.717, 1.165) is 44.0 Å². The second kappa shape index (κ2) is 10.3. The van der Waals surface area contributed by atoms with Crippen molar-refractivity contribution in [1.82, 2.24) is 9.80 Å². The molecule has 3 aromatic rings. The van der Waals surface area contributed by atoms with Crippen molar-refractivity contribution in [3.05, 3.63) is 95.6 Å². The quantitative estimate of drug-likeness (QED) is 0.561. The van der Waals surface area contributed by atoms with E-state index in [4.69, 9.17) is 4.74 Å². The van der Waals surface area contributed by atoms with Gasteiger partial charge in [-0.05, 0) is 61.6 Å². The molecule has 0 unspecified atom stereocenters. The Labute approximate surface area is 190 Å². The van der Waals surface area contributed by atoms with E-state index in [1.54, 1.807) is 0 Å². The topological polar surface area (TPSA) is 36.0 Å². The Morgan fingerprint density at radius 1 is 0.844 bits per heavy atom. The number of benzene rings is 3. The molecule has 1 aliphatic rings. The lowest BCUT2D eigenvalue weighted by Gasteiger charge is -2.36. The highest BCUT2D eigenvalue weighted by Crippen LogP contribution is 2.21. The predicted molar refractivity (Wildman–Crippen MR) is 129 cm³/mol. The number of carbonyl (C=O) groups is 1. The molecular weight excluding hydrogens is 398 g/mol. The van der Waals surface area contributed by atoms with Crippen LogP contribution in [-0.4, -0.2) is 56.0 Å². The van der Waals surface area contributed by atoms with Crippen molar-refractivity contribution in [3.8, 4) is 5.75 Å². The molecule has 5 nitrogen and oxygen atoms in total. The van der Waals surface area contributed by atoms with Crippen LogP contribution in [0.3, 0.4) is 0 Å². The van der Waals surface area contributed by atoms with Crippen molar-refractivity contribution in [2.24, 2.45) is 0 Å². The maximum absolute atomic E-state index is 13.0. The van der Waals surface area contributed by atoms with E-state index >= 15 is 0 Å². The Morgan fingerprint density at radius 3 is 2.22 bits per heavy atom. The molecule has 0 bridgehead atoms. The first kappa shape index (κ1) is 21.9. The molecule has 1 aliphatic heterocycles. The highest BCUT2D eigenvalue weighted by molar-refractivity contribution is 5.94. The Kier molecular flexibility index (Phi) is 7.07. The van der Waals surface area contributed by atoms with E-state index in [9.17, 15) is 4.79 Å². The summed E-state index contributed by atoms with van der Waals surface area (Å²) in [7, 11) is 4.16. The molecule has 1 fully saturated rings. The molecule has 1 saturated heterocycles. The number of carbonyl (C=O) groups excluding carboxylic acids is 1. The van der Waals surface area contributed by atoms with Crippen LogP contribution in [0.2, 0.25) is 0 Å². The molecule has 32 heavy (non-hydrogen) atoms. The summed E-state index contributed by atoms with van der Waals surface area (Å²) in [5.74, 6) is 0.855. The van der Waals surface area contributed by atoms with E-state index in [1.807, 2.05) is 59.5 Å². The lowest BCUT2D eigenvalue weighted by molar-refractivity contribution is 0.0746. The molecule has 0 aliphatic carbocycles. The Morgan fingerprint density at radius 2 is 1.53 bits per heavy atom. The SMILES string of the molecule is CN(C)Cc1cccc(N2CCN(C(=O)c3ccc(OCc4ccccc4)cc3)CC2)c1. The van der Waals surface area contributed by atoms with Crippen LogP contribution in [0.1, 0.15) is 21.5 Å². The molecule has 1 heterocycles. The maximum atomic E-state index is 13.0. The summed E-state index contributed by atoms with van der Waals surface area (Å²) in [6.45, 7) is 4.58. The second-order valence-corrected chi connectivity index (χ2v) is 8.49. The summed E-state index contributed by atoms with van der Waals surface area (Å²) in [6.07, 6.45) is 0. The minimum absolute atomic E-state index is 0.0839. The summed E-state index contributed by atoms with van der Waals surface area (Å²) in [6, 6.07) is 26.2. The van der Waals surface area contributed by atoms with Crippen LogP contribution in [0.5, 0.6) is 5.75 Å². The van der Waals surface area contributed by atoms with Gasteiger partial charge in [-0.1, -0.05) is 42.5 Å². The van der Waals surface area contributed by atoms with Crippen molar-refractivity contribution in [3.63, 3.8) is 0 Å². The number of hydrogen-bond donors (Lipinski definition) is 0. The minimum Gasteiger partial charge on any atom is -0.489 e. The van der Waals surface area contributed by atoms with Gasteiger partial charge >= 0.3 is 0 Å². The summed E-state index contributed by atoms with van der Waals surface area (Å²) in [4.78, 5) is 19.5. The van der Waals surface area contributed by atoms with Crippen LogP contribution in [0, 0.1) is 0 Å². The summed E-state index contributed by atoms with van der Waals surface area (Å²) < 4.78 is 5.83. The van der Waals surface area contributed by atoms with Gasteiger partial charge in [0.05, 0.1) is 0 Å². The van der Waals surface area contributed by atoms with Crippen LogP contribution < -0.4 is 9.64 Å². The van der Waals surface area contributed by atoms with Crippen LogP contribution in [-0.2, 0) is 13.2 Å². The number of piperazine rings is 1. The van der Waals surface area contributed by atoms with Crippen molar-refractivity contribution in [1.29, 1.82) is 0 Å². The average molecular weight is 430 g/mol. The van der Waals surface area contributed by atoms with Gasteiger partial charge in [0.25, 0.3) is 5.91 Å². The fourth-order valence-electron chi connectivity index (χ4n) is 4.00. The number of rotatable bonds is 7. The molecule has 0 aromatic heterocycles. The molecule has 4 rings (SSSR count). The molecule has 0 spiro atoms. The molecule has 0 atom stereocenters. The first-order valence-electron chi connectivity index (χ1n) is 11.1. The van der Waals surface area contributed by atoms with Gasteiger partial charge in [0.2, 0.25) is 0 Å². The van der Waals surface area contributed by atoms with Gasteiger partial charge < -0.3 is 19.4 Å². The van der Waals surface area contributed by atoms with Crippen molar-refractivity contribution in [2.75, 3.05) is 45.2 Å². The molecule has 1 amide bonds. The number of ether oxygens (including phenoxy) is 1. The van der Waals surface area contributed by atoms with Gasteiger partial charge in [0.1, 0.15) is 12.4 Å². The molecular formula is C27H31N3O2. The van der Waals surface area contributed by atoms with Gasteiger partial charge in [-0.25, -0.2) is 0 Å². The third-order valence-corrected chi connectivity index (χ3v) is 5.69. The highest BCUT2D eigenvalue weighted by Gasteiger charge is 2.22. The summed E-state index contributed by atoms with van der Waals surface area (Å²) in [5, 5.41) is 0. The number of anilines is 1. The van der Waals surface area contributed by atoms with Crippen LogP contribution in [0.4, 0.5) is 5.69 Å². The number of nitrogens with zero attached hydrogens (tertiary/aromatic N) is 3. The van der Waals surface area contributed by atoms with Gasteiger partial charge in [0.15, 0.2) is 0 Å². The standard InChI is InChI=1S/C27H31N3O2/c1-28(2)20-23-9-6-10-25(19-23)29-15-17-30(18-16-29)27(31)24-11-13-26(14-12-24)32-21-22-7-4-3-5-8-22/h3-14,19H,15-18,20-21H2,1-2H3. The second-order valence-electron chi connectivity index (χ2n) is 8.49. The average Bonchev–Trinajstić information content (AvgIpc) is 2.83. The lowest BCUT2D eigenvalue weighted by atomic mass is 10.1. The van der Waals surface area contributed by atoms with E-state index in [0.29, 0.717) is 12.2 Å². The first-order valence-corrected chi connectivity index (χ1v) is 11.1. The largest absolute Gasteiger partial charge is 0.489 e. The normalized spacial score (nSPS) is 14.0. The number of amides is 1. The van der Waals surface area contributed by atoms with Crippen LogP contribution >= 0.6 is 0 Å². The highest BCUT2D eigenvalue weighted by atomic mass is 16.5. The number of hydrogen-bond acceptors (Lipinski definition) is 4. The van der Waals surface area contributed by atoms with Gasteiger partial charge in [0, 0.05) is 44.0 Å². The van der Waals surface area contributed by atoms with E-state index in [2.05, 4.69) is 48.2 Å². The van der Waals surface area contributed by atoms with E-state index in [1.165, 1.54) is 11.3 Å². The van der Waals surface area contributed by atoms with Crippen LogP contribution in [0.15, 0.2) is 78.9 Å². The van der Waals surface area contributed by atoms with Crippen molar-refractivity contribution in [2.45, 2.75) is 13.2 Å². The molecule has 0 saturated carbocycles. The zero-order valence-corrected chi connectivity index (χ0v) is 18.9. The zero-order valence-electron chi connectivity index (χ0n) is 18.9. The summed E-state index contributed by atoms with van der Waals surface area (Å²) >= 11 is 0. The zero-order chi connectivity index (χ0) is 22.3. The molecule has 5 heteroatoms. The van der Waals surface area contributed by atoms with Gasteiger partial charge in [-0.3, -0.25) is 4.79 Å². The minimum atomic E-state index is 0.0839. The molecule has 166 valence electrons. The first-order chi connectivity index (χ1) is 15.6. The Hall–Kier alpha value is -3.31.